The Hall–Kier alpha value is -8.91. The van der Waals surface area contributed by atoms with E-state index in [1.165, 1.54) is 19.2 Å². The summed E-state index contributed by atoms with van der Waals surface area (Å²) < 4.78 is 5.07. The van der Waals surface area contributed by atoms with Crippen molar-refractivity contribution in [2.24, 2.45) is 16.2 Å². The second-order valence-electron chi connectivity index (χ2n) is 20.8. The minimum absolute atomic E-state index is 0.0583. The van der Waals surface area contributed by atoms with Crippen LogP contribution in [0.4, 0.5) is 17.1 Å². The molecule has 74 heavy (non-hydrogen) atoms. The molecule has 14 heteroatoms. The molecule has 3 aromatic heterocycles. The van der Waals surface area contributed by atoms with E-state index in [0.717, 1.165) is 49.8 Å². The van der Waals surface area contributed by atoms with Gasteiger partial charge in [0.05, 0.1) is 7.11 Å². The molecular formula is C60H64N6O8. The van der Waals surface area contributed by atoms with Gasteiger partial charge in [-0.1, -0.05) is 62.3 Å². The number of H-pyrrole nitrogens is 3. The summed E-state index contributed by atoms with van der Waals surface area (Å²) in [6.07, 6.45) is 10.0. The number of nitrogens with two attached hydrogens (primary N) is 1. The lowest BCUT2D eigenvalue weighted by Gasteiger charge is -2.12. The van der Waals surface area contributed by atoms with Crippen LogP contribution >= 0.6 is 0 Å². The molecule has 8 rings (SSSR count). The van der Waals surface area contributed by atoms with Gasteiger partial charge < -0.3 is 46.3 Å². The third-order valence-electron chi connectivity index (χ3n) is 11.5. The maximum atomic E-state index is 12.3. The zero-order valence-electron chi connectivity index (χ0n) is 43.4. The maximum absolute atomic E-state index is 12.3. The number of phenolic OH excluding ortho intramolecular Hbond substituents is 2. The topological polar surface area (TPSA) is 232 Å². The fourth-order valence-electron chi connectivity index (χ4n) is 6.97. The van der Waals surface area contributed by atoms with Gasteiger partial charge in [-0.2, -0.15) is 0 Å². The lowest BCUT2D eigenvalue weighted by Crippen LogP contribution is -2.17. The van der Waals surface area contributed by atoms with E-state index in [1.807, 2.05) is 117 Å². The molecule has 5 aromatic carbocycles. The fourth-order valence-corrected chi connectivity index (χ4v) is 6.97. The van der Waals surface area contributed by atoms with E-state index < -0.39 is 10.8 Å². The Kier molecular flexibility index (Phi) is 16.7. The van der Waals surface area contributed by atoms with Gasteiger partial charge in [0.2, 0.25) is 0 Å². The zero-order chi connectivity index (χ0) is 54.1. The molecule has 9 N–H and O–H groups in total. The number of fused-ring (bicyclic) bond motifs is 3. The van der Waals surface area contributed by atoms with Gasteiger partial charge in [-0.15, -0.1) is 0 Å². The van der Waals surface area contributed by atoms with E-state index in [9.17, 15) is 34.2 Å². The van der Waals surface area contributed by atoms with E-state index >= 15 is 0 Å². The number of amides is 2. The molecule has 0 atom stereocenters. The molecule has 0 radical (unpaired) electrons. The number of anilines is 3. The van der Waals surface area contributed by atoms with Gasteiger partial charge in [0.1, 0.15) is 5.75 Å². The average Bonchev–Trinajstić information content (AvgIpc) is 4.07. The average molecular weight is 997 g/mol. The first-order valence-electron chi connectivity index (χ1n) is 23.9. The first-order valence-corrected chi connectivity index (χ1v) is 23.9. The number of rotatable bonds is 11. The summed E-state index contributed by atoms with van der Waals surface area (Å²) in [6, 6.07) is 33.2. The van der Waals surface area contributed by atoms with Crippen LogP contribution in [-0.2, 0) is 14.4 Å². The highest BCUT2D eigenvalue weighted by atomic mass is 16.5. The van der Waals surface area contributed by atoms with Crippen LogP contribution in [-0.4, -0.2) is 61.4 Å². The standard InChI is InChI=1S/C22H23N3O2.C22H22N2O3.C16H19NO3/c1-22(2,3)20(26)11-9-17-12-15-13-18(8-10-19(15)24-17)25-21(27)14-4-6-16(23)7-5-14;1-22(2,3)20(26)11-7-16-12-15-13-17(6-10-19(15)23-16)24-21(27)14-4-8-18(25)9-5-14;1-16(2,3)15(19)6-5-11-7-10-8-14(20-4)13(18)9-12(10)17-11/h4-13,24H,23H2,1-3H3,(H,25,27);4-13,23,25H,1-3H3,(H,24,27);5-9,17-18H,1-4H3/b11-9+;11-7+;6-5+. The Morgan fingerprint density at radius 3 is 1.23 bits per heavy atom. The number of aromatic hydroxyl groups is 2. The van der Waals surface area contributed by atoms with Crippen LogP contribution in [0.1, 0.15) is 100 Å². The van der Waals surface area contributed by atoms with Crippen molar-refractivity contribution in [3.05, 3.63) is 162 Å². The monoisotopic (exact) mass is 996 g/mol. The number of carbonyl (C=O) groups is 5. The Morgan fingerprint density at radius 1 is 0.486 bits per heavy atom. The van der Waals surface area contributed by atoms with Crippen LogP contribution in [0.15, 0.2) is 133 Å². The first kappa shape index (κ1) is 54.4. The lowest BCUT2D eigenvalue weighted by atomic mass is 9.90. The number of ketones is 3. The van der Waals surface area contributed by atoms with Gasteiger partial charge >= 0.3 is 0 Å². The highest BCUT2D eigenvalue weighted by Gasteiger charge is 2.20. The summed E-state index contributed by atoms with van der Waals surface area (Å²) in [5, 5.41) is 27.6. The zero-order valence-corrected chi connectivity index (χ0v) is 43.4. The molecule has 382 valence electrons. The number of aromatic amines is 3. The van der Waals surface area contributed by atoms with Crippen molar-refractivity contribution in [1.82, 2.24) is 15.0 Å². The molecule has 0 aliphatic carbocycles. The number of hydrogen-bond donors (Lipinski definition) is 8. The van der Waals surface area contributed by atoms with Crippen LogP contribution < -0.4 is 21.1 Å². The number of nitrogen functional groups attached to an aromatic ring is 1. The predicted molar refractivity (Wildman–Crippen MR) is 298 cm³/mol. The number of methoxy groups -OCH3 is 1. The van der Waals surface area contributed by atoms with Crippen molar-refractivity contribution in [2.75, 3.05) is 23.5 Å². The Bertz CT molecular complexity index is 3270. The summed E-state index contributed by atoms with van der Waals surface area (Å²) >= 11 is 0. The van der Waals surface area contributed by atoms with Crippen LogP contribution in [0, 0.1) is 16.2 Å². The number of ether oxygens (including phenoxy) is 1. The van der Waals surface area contributed by atoms with Gasteiger partial charge in [0, 0.05) is 100 Å². The van der Waals surface area contributed by atoms with E-state index in [4.69, 9.17) is 10.5 Å². The quantitative estimate of drug-likeness (QED) is 0.0454. The number of benzene rings is 5. The third-order valence-corrected chi connectivity index (χ3v) is 11.5. The number of aromatic nitrogens is 3. The van der Waals surface area contributed by atoms with Gasteiger partial charge in [0.25, 0.3) is 11.8 Å². The van der Waals surface area contributed by atoms with Crippen LogP contribution in [0.5, 0.6) is 17.2 Å². The smallest absolute Gasteiger partial charge is 0.255 e. The second-order valence-corrected chi connectivity index (χ2v) is 20.8. The van der Waals surface area contributed by atoms with Crippen molar-refractivity contribution in [3.8, 4) is 17.2 Å². The van der Waals surface area contributed by atoms with Crippen molar-refractivity contribution in [2.45, 2.75) is 62.3 Å². The van der Waals surface area contributed by atoms with Crippen molar-refractivity contribution in [3.63, 3.8) is 0 Å². The molecule has 0 aliphatic rings. The van der Waals surface area contributed by atoms with Crippen molar-refractivity contribution in [1.29, 1.82) is 0 Å². The van der Waals surface area contributed by atoms with Gasteiger partial charge in [-0.05, 0) is 146 Å². The lowest BCUT2D eigenvalue weighted by molar-refractivity contribution is -0.122. The summed E-state index contributed by atoms with van der Waals surface area (Å²) in [5.41, 5.74) is 12.6. The molecule has 0 aliphatic heterocycles. The largest absolute Gasteiger partial charge is 0.508 e. The summed E-state index contributed by atoms with van der Waals surface area (Å²) in [5.74, 6) is 0.380. The van der Waals surface area contributed by atoms with Gasteiger partial charge in [-0.25, -0.2) is 0 Å². The van der Waals surface area contributed by atoms with Crippen LogP contribution in [0.3, 0.4) is 0 Å². The molecule has 0 bridgehead atoms. The molecule has 2 amide bonds. The number of allylic oxidation sites excluding steroid dienone is 3. The van der Waals surface area contributed by atoms with E-state index in [1.54, 1.807) is 85.0 Å². The van der Waals surface area contributed by atoms with E-state index in [0.29, 0.717) is 33.9 Å². The molecule has 14 nitrogen and oxygen atoms in total. The number of phenols is 2. The molecule has 0 saturated heterocycles. The molecule has 3 heterocycles. The van der Waals surface area contributed by atoms with Crippen molar-refractivity contribution < 1.29 is 38.9 Å². The normalized spacial score (nSPS) is 11.9. The number of hydrogen-bond acceptors (Lipinski definition) is 9. The summed E-state index contributed by atoms with van der Waals surface area (Å²) in [4.78, 5) is 70.2. The molecule has 0 unspecified atom stereocenters. The fraction of sp³-hybridized carbons (Fsp3) is 0.217. The highest BCUT2D eigenvalue weighted by Crippen LogP contribution is 2.32. The molecule has 0 spiro atoms. The third kappa shape index (κ3) is 14.8. The summed E-state index contributed by atoms with van der Waals surface area (Å²) in [6.45, 7) is 17.0. The van der Waals surface area contributed by atoms with Gasteiger partial charge in [-0.3, -0.25) is 24.0 Å². The Morgan fingerprint density at radius 2 is 0.851 bits per heavy atom. The predicted octanol–water partition coefficient (Wildman–Crippen LogP) is 12.9. The maximum Gasteiger partial charge on any atom is 0.255 e. The van der Waals surface area contributed by atoms with E-state index in [2.05, 4.69) is 25.6 Å². The van der Waals surface area contributed by atoms with Crippen LogP contribution in [0.25, 0.3) is 50.9 Å². The minimum atomic E-state index is -0.409. The first-order chi connectivity index (χ1) is 34.7. The molecule has 0 saturated carbocycles. The molecule has 0 fully saturated rings. The second kappa shape index (κ2) is 22.7. The van der Waals surface area contributed by atoms with Crippen molar-refractivity contribution >= 4 is 97.2 Å². The summed E-state index contributed by atoms with van der Waals surface area (Å²) in [7, 11) is 1.51. The SMILES string of the molecule is CC(C)(C)C(=O)/C=C/c1cc2cc(NC(=O)c3ccc(N)cc3)ccc2[nH]1.CC(C)(C)C(=O)/C=C/c1cc2cc(NC(=O)c3ccc(O)cc3)ccc2[nH]1.COc1cc2cc(/C=C/C(=O)C(C)(C)C)[nH]c2cc1O. The Balaban J connectivity index is 0.000000183. The number of carbonyl (C=O) groups excluding carboxylic acids is 5. The minimum Gasteiger partial charge on any atom is -0.508 e. The molecular weight excluding hydrogens is 933 g/mol. The van der Waals surface area contributed by atoms with Gasteiger partial charge in [0.15, 0.2) is 28.8 Å². The number of nitrogens with one attached hydrogen (secondary N) is 5. The van der Waals surface area contributed by atoms with Crippen LogP contribution in [0.2, 0.25) is 0 Å². The highest BCUT2D eigenvalue weighted by molar-refractivity contribution is 6.06. The Labute approximate surface area is 430 Å². The van der Waals surface area contributed by atoms with E-state index in [-0.39, 0.29) is 46.1 Å². The molecule has 8 aromatic rings.